The van der Waals surface area contributed by atoms with Crippen LogP contribution in [0.1, 0.15) is 118 Å². The third kappa shape index (κ3) is 18.0. The molecular weight excluding hydrogens is 719 g/mol. The number of thiazole rings is 1. The molecule has 0 aliphatic carbocycles. The van der Waals surface area contributed by atoms with Gasteiger partial charge in [-0.1, -0.05) is 109 Å². The minimum absolute atomic E-state index is 0.0829. The standard InChI is InChI=1S/C38H51N5O7S.C4H10/c1-6-7-18-43(5)23-34(45)39-22-33(44)41-30(25(2)3)21-32(50-38(49)28-16-12-9-13-17-28)36-42-31(24-51-36)35(46)40-29(19-26(4)37(47)48)20-27-14-10-8-11-15-27;1-3-4-2/h8-17,24-26,29-30,32H,6-7,18-23H2,1-5H3,(H,39,45)(H,40,46)(H,41,44)(H,47,48);3-4H2,1-2H3. The van der Waals surface area contributed by atoms with E-state index in [4.69, 9.17) is 4.74 Å². The highest BCUT2D eigenvalue weighted by atomic mass is 32.1. The first-order chi connectivity index (χ1) is 26.3. The number of carbonyl (C=O) groups is 5. The molecular formula is C42H61N5O7S. The van der Waals surface area contributed by atoms with E-state index in [1.165, 1.54) is 12.8 Å². The van der Waals surface area contributed by atoms with Gasteiger partial charge in [0.1, 0.15) is 10.7 Å². The van der Waals surface area contributed by atoms with Crippen LogP contribution in [0, 0.1) is 11.8 Å². The third-order valence-electron chi connectivity index (χ3n) is 8.88. The molecule has 4 atom stereocenters. The zero-order valence-electron chi connectivity index (χ0n) is 33.5. The summed E-state index contributed by atoms with van der Waals surface area (Å²) in [5, 5.41) is 20.1. The maximum Gasteiger partial charge on any atom is 0.338 e. The van der Waals surface area contributed by atoms with Crippen molar-refractivity contribution >= 4 is 41.0 Å². The molecule has 55 heavy (non-hydrogen) atoms. The number of carboxylic acids is 1. The molecule has 0 aliphatic rings. The first-order valence-corrected chi connectivity index (χ1v) is 20.2. The fourth-order valence-corrected chi connectivity index (χ4v) is 6.20. The van der Waals surface area contributed by atoms with Crippen LogP contribution in [-0.4, -0.2) is 83.4 Å². The number of rotatable bonds is 22. The van der Waals surface area contributed by atoms with Crippen LogP contribution in [0.25, 0.3) is 0 Å². The number of aromatic nitrogens is 1. The van der Waals surface area contributed by atoms with Crippen molar-refractivity contribution in [2.45, 2.75) is 105 Å². The predicted molar refractivity (Wildman–Crippen MR) is 217 cm³/mol. The van der Waals surface area contributed by atoms with Crippen molar-refractivity contribution in [2.75, 3.05) is 26.7 Å². The Kier molecular flexibility index (Phi) is 21.5. The van der Waals surface area contributed by atoms with E-state index in [1.54, 1.807) is 42.6 Å². The number of nitrogens with zero attached hydrogens (tertiary/aromatic N) is 2. The van der Waals surface area contributed by atoms with Crippen molar-refractivity contribution in [3.63, 3.8) is 0 Å². The van der Waals surface area contributed by atoms with E-state index >= 15 is 0 Å². The Morgan fingerprint density at radius 1 is 0.855 bits per heavy atom. The highest BCUT2D eigenvalue weighted by Gasteiger charge is 2.29. The van der Waals surface area contributed by atoms with E-state index in [0.717, 1.165) is 36.3 Å². The van der Waals surface area contributed by atoms with Gasteiger partial charge in [-0.15, -0.1) is 11.3 Å². The van der Waals surface area contributed by atoms with Gasteiger partial charge in [0.25, 0.3) is 5.91 Å². The zero-order chi connectivity index (χ0) is 40.8. The van der Waals surface area contributed by atoms with Gasteiger partial charge in [-0.3, -0.25) is 24.1 Å². The second kappa shape index (κ2) is 25.5. The second-order valence-electron chi connectivity index (χ2n) is 14.2. The summed E-state index contributed by atoms with van der Waals surface area (Å²) in [5.74, 6) is -3.42. The Bertz CT molecular complexity index is 1600. The Hall–Kier alpha value is -4.62. The van der Waals surface area contributed by atoms with Gasteiger partial charge < -0.3 is 25.8 Å². The molecule has 4 N–H and O–H groups in total. The molecule has 0 aliphatic heterocycles. The summed E-state index contributed by atoms with van der Waals surface area (Å²) in [5.41, 5.74) is 1.39. The first kappa shape index (κ1) is 46.5. The summed E-state index contributed by atoms with van der Waals surface area (Å²) in [7, 11) is 1.86. The van der Waals surface area contributed by atoms with Crippen LogP contribution in [0.4, 0.5) is 0 Å². The van der Waals surface area contributed by atoms with Crippen LogP contribution in [-0.2, 0) is 25.5 Å². The average molecular weight is 780 g/mol. The van der Waals surface area contributed by atoms with Gasteiger partial charge in [-0.25, -0.2) is 9.78 Å². The topological polar surface area (TPSA) is 167 Å². The molecule has 0 radical (unpaired) electrons. The summed E-state index contributed by atoms with van der Waals surface area (Å²) >= 11 is 1.15. The number of amides is 3. The maximum atomic E-state index is 13.5. The Morgan fingerprint density at radius 2 is 1.49 bits per heavy atom. The van der Waals surface area contributed by atoms with Crippen LogP contribution < -0.4 is 16.0 Å². The second-order valence-corrected chi connectivity index (χ2v) is 15.1. The molecule has 0 bridgehead atoms. The molecule has 0 saturated carbocycles. The fraction of sp³-hybridized carbons (Fsp3) is 0.524. The van der Waals surface area contributed by atoms with Gasteiger partial charge in [-0.2, -0.15) is 0 Å². The summed E-state index contributed by atoms with van der Waals surface area (Å²) in [6, 6.07) is 17.1. The van der Waals surface area contributed by atoms with Crippen LogP contribution in [0.2, 0.25) is 0 Å². The normalized spacial score (nSPS) is 13.1. The molecule has 3 rings (SSSR count). The number of benzene rings is 2. The molecule has 2 aromatic carbocycles. The van der Waals surface area contributed by atoms with Crippen molar-refractivity contribution < 1.29 is 33.8 Å². The lowest BCUT2D eigenvalue weighted by Gasteiger charge is -2.26. The monoisotopic (exact) mass is 779 g/mol. The van der Waals surface area contributed by atoms with E-state index in [9.17, 15) is 29.1 Å². The lowest BCUT2D eigenvalue weighted by atomic mass is 9.96. The number of carboxylic acid groups (broad SMARTS) is 1. The maximum absolute atomic E-state index is 13.5. The van der Waals surface area contributed by atoms with Crippen molar-refractivity contribution in [3.8, 4) is 0 Å². The molecule has 13 heteroatoms. The third-order valence-corrected chi connectivity index (χ3v) is 9.82. The van der Waals surface area contributed by atoms with Crippen LogP contribution in [0.3, 0.4) is 0 Å². The lowest BCUT2D eigenvalue weighted by molar-refractivity contribution is -0.141. The Morgan fingerprint density at radius 3 is 2.07 bits per heavy atom. The molecule has 4 unspecified atom stereocenters. The Balaban J connectivity index is 0.00000248. The predicted octanol–water partition coefficient (Wildman–Crippen LogP) is 6.68. The van der Waals surface area contributed by atoms with Gasteiger partial charge in [-0.05, 0) is 56.5 Å². The number of hydrogen-bond acceptors (Lipinski definition) is 9. The number of unbranched alkanes of at least 4 members (excludes halogenated alkanes) is 2. The average Bonchev–Trinajstić information content (AvgIpc) is 3.67. The number of ether oxygens (including phenoxy) is 1. The number of carbonyl (C=O) groups excluding carboxylic acids is 4. The summed E-state index contributed by atoms with van der Waals surface area (Å²) in [4.78, 5) is 70.2. The number of hydrogen-bond donors (Lipinski definition) is 4. The number of nitrogens with one attached hydrogen (secondary N) is 3. The van der Waals surface area contributed by atoms with E-state index in [0.29, 0.717) is 17.0 Å². The molecule has 302 valence electrons. The van der Waals surface area contributed by atoms with Crippen molar-refractivity contribution in [1.82, 2.24) is 25.8 Å². The van der Waals surface area contributed by atoms with Gasteiger partial charge in [0.05, 0.1) is 24.6 Å². The van der Waals surface area contributed by atoms with Crippen molar-refractivity contribution in [2.24, 2.45) is 11.8 Å². The SMILES string of the molecule is CCCC.CCCCN(C)CC(=O)NCC(=O)NC(CC(OC(=O)c1ccccc1)c1nc(C(=O)NC(Cc2ccccc2)CC(C)C(=O)O)cs1)C(C)C. The van der Waals surface area contributed by atoms with Crippen molar-refractivity contribution in [1.29, 1.82) is 0 Å². The molecule has 1 heterocycles. The van der Waals surface area contributed by atoms with Gasteiger partial charge >= 0.3 is 11.9 Å². The molecule has 1 aromatic heterocycles. The van der Waals surface area contributed by atoms with Crippen LogP contribution in [0.5, 0.6) is 0 Å². The smallest absolute Gasteiger partial charge is 0.338 e. The highest BCUT2D eigenvalue weighted by molar-refractivity contribution is 7.09. The molecule has 12 nitrogen and oxygen atoms in total. The summed E-state index contributed by atoms with van der Waals surface area (Å²) in [6.45, 7) is 12.7. The number of esters is 1. The van der Waals surface area contributed by atoms with Crippen LogP contribution in [0.15, 0.2) is 66.0 Å². The van der Waals surface area contributed by atoms with E-state index < -0.39 is 42.0 Å². The quantitative estimate of drug-likeness (QED) is 0.0814. The fourth-order valence-electron chi connectivity index (χ4n) is 5.36. The number of aliphatic carboxylic acids is 1. The van der Waals surface area contributed by atoms with E-state index in [1.807, 2.05) is 56.1 Å². The first-order valence-electron chi connectivity index (χ1n) is 19.3. The number of likely N-dealkylation sites (N-methyl/N-ethyl adjacent to an activating group) is 1. The van der Waals surface area contributed by atoms with Gasteiger partial charge in [0.2, 0.25) is 11.8 Å². The molecule has 3 aromatic rings. The lowest BCUT2D eigenvalue weighted by Crippen LogP contribution is -2.46. The van der Waals surface area contributed by atoms with Gasteiger partial charge in [0.15, 0.2) is 6.10 Å². The Labute approximate surface area is 330 Å². The zero-order valence-corrected chi connectivity index (χ0v) is 34.3. The summed E-state index contributed by atoms with van der Waals surface area (Å²) in [6.07, 6.45) is 4.54. The summed E-state index contributed by atoms with van der Waals surface area (Å²) < 4.78 is 5.98. The largest absolute Gasteiger partial charge is 0.481 e. The van der Waals surface area contributed by atoms with E-state index in [-0.39, 0.29) is 49.4 Å². The van der Waals surface area contributed by atoms with Crippen LogP contribution >= 0.6 is 11.3 Å². The molecule has 0 saturated heterocycles. The minimum atomic E-state index is -0.953. The minimum Gasteiger partial charge on any atom is -0.481 e. The molecule has 0 spiro atoms. The van der Waals surface area contributed by atoms with Crippen molar-refractivity contribution in [3.05, 3.63) is 87.9 Å². The molecule has 0 fully saturated rings. The highest BCUT2D eigenvalue weighted by Crippen LogP contribution is 2.29. The van der Waals surface area contributed by atoms with E-state index in [2.05, 4.69) is 41.7 Å². The molecule has 3 amide bonds. The van der Waals surface area contributed by atoms with Gasteiger partial charge in [0, 0.05) is 23.9 Å².